The van der Waals surface area contributed by atoms with Crippen LogP contribution >= 0.6 is 0 Å². The van der Waals surface area contributed by atoms with E-state index in [0.717, 1.165) is 24.3 Å². The Balaban J connectivity index is 2.14. The van der Waals surface area contributed by atoms with Crippen LogP contribution in [0, 0.1) is 0 Å². The molecule has 1 amide bonds. The Hall–Kier alpha value is -2.35. The number of alkyl halides is 3. The van der Waals surface area contributed by atoms with Crippen molar-refractivity contribution in [2.75, 3.05) is 5.32 Å². The number of amides is 1. The quantitative estimate of drug-likeness (QED) is 0.879. The van der Waals surface area contributed by atoms with E-state index in [2.05, 4.69) is 5.32 Å². The van der Waals surface area contributed by atoms with E-state index in [9.17, 15) is 26.4 Å². The summed E-state index contributed by atoms with van der Waals surface area (Å²) < 4.78 is 61.6. The molecule has 0 fully saturated rings. The van der Waals surface area contributed by atoms with Crippen molar-refractivity contribution in [1.82, 2.24) is 0 Å². The lowest BCUT2D eigenvalue weighted by atomic mass is 10.2. The average molecular weight is 371 g/mol. The first-order chi connectivity index (χ1) is 11.5. The molecule has 0 aliphatic carbocycles. The minimum atomic E-state index is -4.44. The van der Waals surface area contributed by atoms with E-state index < -0.39 is 32.7 Å². The summed E-state index contributed by atoms with van der Waals surface area (Å²) in [5, 5.41) is 1.88. The van der Waals surface area contributed by atoms with Crippen molar-refractivity contribution in [2.45, 2.75) is 30.2 Å². The van der Waals surface area contributed by atoms with Gasteiger partial charge in [-0.05, 0) is 62.4 Å². The van der Waals surface area contributed by atoms with Crippen LogP contribution in [0.4, 0.5) is 18.9 Å². The summed E-state index contributed by atoms with van der Waals surface area (Å²) in [6.07, 6.45) is -4.44. The highest BCUT2D eigenvalue weighted by molar-refractivity contribution is 7.92. The predicted octanol–water partition coefficient (Wildman–Crippen LogP) is 4.14. The van der Waals surface area contributed by atoms with E-state index in [1.807, 2.05) is 0 Å². The van der Waals surface area contributed by atoms with Gasteiger partial charge in [-0.3, -0.25) is 4.79 Å². The van der Waals surface area contributed by atoms with Crippen LogP contribution in [-0.2, 0) is 16.0 Å². The van der Waals surface area contributed by atoms with Gasteiger partial charge in [-0.15, -0.1) is 0 Å². The molecule has 0 radical (unpaired) electrons. The molecule has 8 heteroatoms. The summed E-state index contributed by atoms with van der Waals surface area (Å²) in [5.74, 6) is -0.548. The summed E-state index contributed by atoms with van der Waals surface area (Å²) in [4.78, 5) is 12.2. The maximum Gasteiger partial charge on any atom is 0.416 e. The molecule has 0 saturated carbocycles. The third-order valence-corrected chi connectivity index (χ3v) is 5.71. The summed E-state index contributed by atoms with van der Waals surface area (Å²) in [5.41, 5.74) is -0.409. The van der Waals surface area contributed by atoms with Gasteiger partial charge >= 0.3 is 6.18 Å². The largest absolute Gasteiger partial charge is 0.416 e. The number of sulfone groups is 1. The van der Waals surface area contributed by atoms with Gasteiger partial charge in [0.05, 0.1) is 15.7 Å². The van der Waals surface area contributed by atoms with Crippen molar-refractivity contribution in [1.29, 1.82) is 0 Å². The van der Waals surface area contributed by atoms with E-state index >= 15 is 0 Å². The molecule has 0 aliphatic rings. The van der Waals surface area contributed by atoms with Crippen LogP contribution in [0.1, 0.15) is 29.8 Å². The number of hydrogen-bond acceptors (Lipinski definition) is 3. The molecule has 0 unspecified atom stereocenters. The molecular weight excluding hydrogens is 355 g/mol. The SMILES string of the molecule is CC(C)S(=O)(=O)c1ccc(C(=O)Nc2ccc(C(F)(F)F)cc2)cc1. The van der Waals surface area contributed by atoms with Crippen molar-refractivity contribution in [3.05, 3.63) is 59.7 Å². The molecule has 0 saturated heterocycles. The Labute approximate surface area is 143 Å². The molecule has 4 nitrogen and oxygen atoms in total. The maximum absolute atomic E-state index is 12.5. The first kappa shape index (κ1) is 19.0. The van der Waals surface area contributed by atoms with Crippen LogP contribution < -0.4 is 5.32 Å². The van der Waals surface area contributed by atoms with Gasteiger partial charge in [-0.1, -0.05) is 0 Å². The number of rotatable bonds is 4. The highest BCUT2D eigenvalue weighted by Gasteiger charge is 2.30. The lowest BCUT2D eigenvalue weighted by molar-refractivity contribution is -0.137. The fourth-order valence-corrected chi connectivity index (χ4v) is 3.07. The van der Waals surface area contributed by atoms with Crippen molar-refractivity contribution in [2.24, 2.45) is 0 Å². The summed E-state index contributed by atoms with van der Waals surface area (Å²) >= 11 is 0. The molecule has 2 rings (SSSR count). The Morgan fingerprint density at radius 1 is 0.960 bits per heavy atom. The van der Waals surface area contributed by atoms with Crippen LogP contribution in [0.3, 0.4) is 0 Å². The molecule has 0 atom stereocenters. The third-order valence-electron chi connectivity index (χ3n) is 3.54. The van der Waals surface area contributed by atoms with Gasteiger partial charge in [0.2, 0.25) is 0 Å². The monoisotopic (exact) mass is 371 g/mol. The predicted molar refractivity (Wildman–Crippen MR) is 88.2 cm³/mol. The van der Waals surface area contributed by atoms with Crippen molar-refractivity contribution >= 4 is 21.4 Å². The number of carbonyl (C=O) groups is 1. The summed E-state index contributed by atoms with van der Waals surface area (Å²) in [6, 6.07) is 9.41. The fourth-order valence-electron chi connectivity index (χ4n) is 2.01. The number of carbonyl (C=O) groups excluding carboxylic acids is 1. The first-order valence-corrected chi connectivity index (χ1v) is 8.89. The van der Waals surface area contributed by atoms with E-state index in [1.165, 1.54) is 24.3 Å². The first-order valence-electron chi connectivity index (χ1n) is 7.34. The second-order valence-electron chi connectivity index (χ2n) is 5.65. The van der Waals surface area contributed by atoms with E-state index in [0.29, 0.717) is 0 Å². The molecular formula is C17H16F3NO3S. The van der Waals surface area contributed by atoms with E-state index in [4.69, 9.17) is 0 Å². The van der Waals surface area contributed by atoms with Crippen LogP contribution in [0.15, 0.2) is 53.4 Å². The zero-order chi connectivity index (χ0) is 18.8. The second-order valence-corrected chi connectivity index (χ2v) is 8.15. The van der Waals surface area contributed by atoms with Gasteiger partial charge in [-0.2, -0.15) is 13.2 Å². The number of halogens is 3. The Morgan fingerprint density at radius 3 is 1.92 bits per heavy atom. The standard InChI is InChI=1S/C17H16F3NO3S/c1-11(2)25(23,24)15-9-3-12(4-10-15)16(22)21-14-7-5-13(6-8-14)17(18,19)20/h3-11H,1-2H3,(H,21,22). The molecule has 0 bridgehead atoms. The van der Waals surface area contributed by atoms with Gasteiger partial charge < -0.3 is 5.32 Å². The highest BCUT2D eigenvalue weighted by Crippen LogP contribution is 2.29. The average Bonchev–Trinajstić information content (AvgIpc) is 2.54. The topological polar surface area (TPSA) is 63.2 Å². The Bertz CT molecular complexity index is 856. The number of benzene rings is 2. The zero-order valence-electron chi connectivity index (χ0n) is 13.5. The van der Waals surface area contributed by atoms with Gasteiger partial charge in [-0.25, -0.2) is 8.42 Å². The van der Waals surface area contributed by atoms with Crippen molar-refractivity contribution < 1.29 is 26.4 Å². The van der Waals surface area contributed by atoms with Crippen LogP contribution in [0.5, 0.6) is 0 Å². The zero-order valence-corrected chi connectivity index (χ0v) is 14.3. The second kappa shape index (κ2) is 6.87. The molecule has 0 aromatic heterocycles. The molecule has 1 N–H and O–H groups in total. The lowest BCUT2D eigenvalue weighted by Crippen LogP contribution is -2.15. The normalized spacial score (nSPS) is 12.2. The molecule has 0 aliphatic heterocycles. The van der Waals surface area contributed by atoms with Crippen molar-refractivity contribution in [3.63, 3.8) is 0 Å². The Kier molecular flexibility index (Phi) is 5.22. The highest BCUT2D eigenvalue weighted by atomic mass is 32.2. The van der Waals surface area contributed by atoms with Crippen molar-refractivity contribution in [3.8, 4) is 0 Å². The summed E-state index contributed by atoms with van der Waals surface area (Å²) in [7, 11) is -3.44. The number of hydrogen-bond donors (Lipinski definition) is 1. The number of nitrogens with one attached hydrogen (secondary N) is 1. The van der Waals surface area contributed by atoms with Crippen LogP contribution in [-0.4, -0.2) is 19.6 Å². The lowest BCUT2D eigenvalue weighted by Gasteiger charge is -2.10. The summed E-state index contributed by atoms with van der Waals surface area (Å²) in [6.45, 7) is 3.11. The molecule has 2 aromatic rings. The number of anilines is 1. The molecule has 0 spiro atoms. The maximum atomic E-state index is 12.5. The smallest absolute Gasteiger partial charge is 0.322 e. The third kappa shape index (κ3) is 4.39. The molecule has 134 valence electrons. The van der Waals surface area contributed by atoms with E-state index in [-0.39, 0.29) is 16.1 Å². The van der Waals surface area contributed by atoms with Gasteiger partial charge in [0.1, 0.15) is 0 Å². The molecule has 25 heavy (non-hydrogen) atoms. The van der Waals surface area contributed by atoms with Crippen LogP contribution in [0.2, 0.25) is 0 Å². The van der Waals surface area contributed by atoms with Gasteiger partial charge in [0.15, 0.2) is 9.84 Å². The van der Waals surface area contributed by atoms with Gasteiger partial charge in [0.25, 0.3) is 5.91 Å². The van der Waals surface area contributed by atoms with E-state index in [1.54, 1.807) is 13.8 Å². The minimum Gasteiger partial charge on any atom is -0.322 e. The fraction of sp³-hybridized carbons (Fsp3) is 0.235. The van der Waals surface area contributed by atoms with Crippen LogP contribution in [0.25, 0.3) is 0 Å². The minimum absolute atomic E-state index is 0.105. The Morgan fingerprint density at radius 2 is 1.48 bits per heavy atom. The van der Waals surface area contributed by atoms with Gasteiger partial charge in [0, 0.05) is 11.3 Å². The molecule has 0 heterocycles. The molecule has 2 aromatic carbocycles.